The van der Waals surface area contributed by atoms with Crippen molar-refractivity contribution in [3.63, 3.8) is 0 Å². The number of rotatable bonds is 6. The average Bonchev–Trinajstić information content (AvgIpc) is 2.53. The van der Waals surface area contributed by atoms with Crippen molar-refractivity contribution in [1.82, 2.24) is 5.32 Å². The molecule has 0 fully saturated rings. The number of anilines is 1. The molecule has 114 valence electrons. The van der Waals surface area contributed by atoms with Crippen molar-refractivity contribution in [2.75, 3.05) is 12.3 Å². The van der Waals surface area contributed by atoms with E-state index in [1.54, 1.807) is 36.4 Å². The summed E-state index contributed by atoms with van der Waals surface area (Å²) in [5.41, 5.74) is 7.49. The summed E-state index contributed by atoms with van der Waals surface area (Å²) in [6, 6.07) is 10.8. The Morgan fingerprint density at radius 1 is 1.27 bits per heavy atom. The fraction of sp³-hybridized carbons (Fsp3) is 0.118. The SMILES string of the molecule is C=CCOc1cc(C(=O)NCc2ccc(F)cc2)ccc1N. The van der Waals surface area contributed by atoms with Gasteiger partial charge in [-0.05, 0) is 35.9 Å². The first-order valence-corrected chi connectivity index (χ1v) is 6.76. The number of benzene rings is 2. The molecule has 5 heteroatoms. The lowest BCUT2D eigenvalue weighted by atomic mass is 10.1. The molecule has 1 amide bonds. The summed E-state index contributed by atoms with van der Waals surface area (Å²) >= 11 is 0. The first-order valence-electron chi connectivity index (χ1n) is 6.76. The lowest BCUT2D eigenvalue weighted by molar-refractivity contribution is 0.0950. The number of carbonyl (C=O) groups excluding carboxylic acids is 1. The molecule has 0 bridgehead atoms. The van der Waals surface area contributed by atoms with Crippen molar-refractivity contribution in [3.8, 4) is 5.75 Å². The van der Waals surface area contributed by atoms with Crippen molar-refractivity contribution >= 4 is 11.6 Å². The van der Waals surface area contributed by atoms with Crippen LogP contribution in [0.1, 0.15) is 15.9 Å². The van der Waals surface area contributed by atoms with Crippen LogP contribution >= 0.6 is 0 Å². The third-order valence-electron chi connectivity index (χ3n) is 3.00. The van der Waals surface area contributed by atoms with Gasteiger partial charge in [-0.25, -0.2) is 4.39 Å². The van der Waals surface area contributed by atoms with E-state index in [2.05, 4.69) is 11.9 Å². The number of amides is 1. The van der Waals surface area contributed by atoms with Crippen molar-refractivity contribution in [2.24, 2.45) is 0 Å². The summed E-state index contributed by atoms with van der Waals surface area (Å²) in [6.07, 6.45) is 1.60. The second-order valence-electron chi connectivity index (χ2n) is 4.66. The number of nitrogens with one attached hydrogen (secondary N) is 1. The Labute approximate surface area is 128 Å². The van der Waals surface area contributed by atoms with Gasteiger partial charge in [0, 0.05) is 12.1 Å². The highest BCUT2D eigenvalue weighted by molar-refractivity contribution is 5.95. The molecule has 0 spiro atoms. The normalized spacial score (nSPS) is 10.0. The molecule has 0 heterocycles. The van der Waals surface area contributed by atoms with E-state index in [-0.39, 0.29) is 11.7 Å². The number of ether oxygens (including phenoxy) is 1. The minimum Gasteiger partial charge on any atom is -0.487 e. The topological polar surface area (TPSA) is 64.3 Å². The van der Waals surface area contributed by atoms with Gasteiger partial charge in [-0.1, -0.05) is 24.8 Å². The van der Waals surface area contributed by atoms with E-state index in [0.717, 1.165) is 5.56 Å². The molecule has 0 aliphatic carbocycles. The molecule has 0 saturated heterocycles. The summed E-state index contributed by atoms with van der Waals surface area (Å²) in [6.45, 7) is 4.18. The molecule has 2 aromatic carbocycles. The van der Waals surface area contributed by atoms with E-state index < -0.39 is 0 Å². The van der Waals surface area contributed by atoms with E-state index >= 15 is 0 Å². The first-order chi connectivity index (χ1) is 10.6. The predicted octanol–water partition coefficient (Wildman–Crippen LogP) is 2.90. The van der Waals surface area contributed by atoms with Gasteiger partial charge in [-0.3, -0.25) is 4.79 Å². The summed E-state index contributed by atoms with van der Waals surface area (Å²) in [5.74, 6) is -0.125. The van der Waals surface area contributed by atoms with Gasteiger partial charge in [-0.15, -0.1) is 0 Å². The summed E-state index contributed by atoms with van der Waals surface area (Å²) in [7, 11) is 0. The van der Waals surface area contributed by atoms with Gasteiger partial charge in [0.05, 0.1) is 5.69 Å². The van der Waals surface area contributed by atoms with E-state index in [1.165, 1.54) is 12.1 Å². The van der Waals surface area contributed by atoms with E-state index in [9.17, 15) is 9.18 Å². The summed E-state index contributed by atoms with van der Waals surface area (Å²) in [5, 5.41) is 2.76. The van der Waals surface area contributed by atoms with Crippen LogP contribution in [0, 0.1) is 5.82 Å². The smallest absolute Gasteiger partial charge is 0.251 e. The van der Waals surface area contributed by atoms with E-state index in [0.29, 0.717) is 30.2 Å². The largest absolute Gasteiger partial charge is 0.487 e. The quantitative estimate of drug-likeness (QED) is 0.637. The summed E-state index contributed by atoms with van der Waals surface area (Å²) in [4.78, 5) is 12.1. The molecule has 0 atom stereocenters. The Hall–Kier alpha value is -2.82. The maximum Gasteiger partial charge on any atom is 0.251 e. The second kappa shape index (κ2) is 7.26. The van der Waals surface area contributed by atoms with Crippen LogP contribution in [0.25, 0.3) is 0 Å². The molecule has 0 unspecified atom stereocenters. The molecule has 3 N–H and O–H groups in total. The van der Waals surface area contributed by atoms with Crippen molar-refractivity contribution in [3.05, 3.63) is 72.1 Å². The first kappa shape index (κ1) is 15.6. The van der Waals surface area contributed by atoms with Gasteiger partial charge in [0.2, 0.25) is 0 Å². The van der Waals surface area contributed by atoms with Crippen LogP contribution in [0.3, 0.4) is 0 Å². The van der Waals surface area contributed by atoms with Gasteiger partial charge in [-0.2, -0.15) is 0 Å². The third-order valence-corrected chi connectivity index (χ3v) is 3.00. The maximum absolute atomic E-state index is 12.8. The number of carbonyl (C=O) groups is 1. The Balaban J connectivity index is 2.02. The molecule has 22 heavy (non-hydrogen) atoms. The highest BCUT2D eigenvalue weighted by atomic mass is 19.1. The summed E-state index contributed by atoms with van der Waals surface area (Å²) < 4.78 is 18.2. The maximum atomic E-state index is 12.8. The number of hydrogen-bond donors (Lipinski definition) is 2. The molecule has 2 aromatic rings. The lowest BCUT2D eigenvalue weighted by Gasteiger charge is -2.10. The highest BCUT2D eigenvalue weighted by Gasteiger charge is 2.09. The van der Waals surface area contributed by atoms with E-state index in [4.69, 9.17) is 10.5 Å². The highest BCUT2D eigenvalue weighted by Crippen LogP contribution is 2.22. The Morgan fingerprint density at radius 3 is 2.68 bits per heavy atom. The fourth-order valence-corrected chi connectivity index (χ4v) is 1.84. The van der Waals surface area contributed by atoms with Gasteiger partial charge in [0.25, 0.3) is 5.91 Å². The molecule has 0 aromatic heterocycles. The lowest BCUT2D eigenvalue weighted by Crippen LogP contribution is -2.22. The number of nitrogen functional groups attached to an aromatic ring is 1. The zero-order valence-corrected chi connectivity index (χ0v) is 12.0. The van der Waals surface area contributed by atoms with Crippen LogP contribution in [0.2, 0.25) is 0 Å². The van der Waals surface area contributed by atoms with Gasteiger partial charge in [0.1, 0.15) is 18.2 Å². The number of hydrogen-bond acceptors (Lipinski definition) is 3. The Morgan fingerprint density at radius 2 is 2.00 bits per heavy atom. The standard InChI is InChI=1S/C17H17FN2O2/c1-2-9-22-16-10-13(5-8-15(16)19)17(21)20-11-12-3-6-14(18)7-4-12/h2-8,10H,1,9,11,19H2,(H,20,21). The van der Waals surface area contributed by atoms with E-state index in [1.807, 2.05) is 0 Å². The van der Waals surface area contributed by atoms with Crippen molar-refractivity contribution in [1.29, 1.82) is 0 Å². The fourth-order valence-electron chi connectivity index (χ4n) is 1.84. The van der Waals surface area contributed by atoms with Crippen molar-refractivity contribution < 1.29 is 13.9 Å². The zero-order chi connectivity index (χ0) is 15.9. The van der Waals surface area contributed by atoms with Crippen LogP contribution in [0.15, 0.2) is 55.1 Å². The number of nitrogens with two attached hydrogens (primary N) is 1. The molecule has 0 aliphatic rings. The molecule has 0 aliphatic heterocycles. The molecular weight excluding hydrogens is 283 g/mol. The number of halogens is 1. The third kappa shape index (κ3) is 4.09. The predicted molar refractivity (Wildman–Crippen MR) is 84.1 cm³/mol. The minimum atomic E-state index is -0.308. The molecule has 4 nitrogen and oxygen atoms in total. The van der Waals surface area contributed by atoms with Crippen LogP contribution in [-0.4, -0.2) is 12.5 Å². The van der Waals surface area contributed by atoms with Crippen LogP contribution in [0.4, 0.5) is 10.1 Å². The molecule has 2 rings (SSSR count). The Kier molecular flexibility index (Phi) is 5.14. The molecular formula is C17H17FN2O2. The molecule has 0 saturated carbocycles. The van der Waals surface area contributed by atoms with Crippen LogP contribution in [0.5, 0.6) is 5.75 Å². The van der Waals surface area contributed by atoms with Gasteiger partial charge in [0.15, 0.2) is 0 Å². The minimum absolute atomic E-state index is 0.257. The van der Waals surface area contributed by atoms with Gasteiger partial charge < -0.3 is 15.8 Å². The van der Waals surface area contributed by atoms with Gasteiger partial charge >= 0.3 is 0 Å². The second-order valence-corrected chi connectivity index (χ2v) is 4.66. The van der Waals surface area contributed by atoms with Crippen molar-refractivity contribution in [2.45, 2.75) is 6.54 Å². The molecule has 0 radical (unpaired) electrons. The van der Waals surface area contributed by atoms with Crippen LogP contribution in [-0.2, 0) is 6.54 Å². The monoisotopic (exact) mass is 300 g/mol. The Bertz CT molecular complexity index is 669. The van der Waals surface area contributed by atoms with Crippen LogP contribution < -0.4 is 15.8 Å². The zero-order valence-electron chi connectivity index (χ0n) is 12.0. The average molecular weight is 300 g/mol.